The summed E-state index contributed by atoms with van der Waals surface area (Å²) in [6.07, 6.45) is -0.204. The summed E-state index contributed by atoms with van der Waals surface area (Å²) < 4.78 is 41.7. The van der Waals surface area contributed by atoms with Crippen molar-refractivity contribution < 1.29 is 22.8 Å². The summed E-state index contributed by atoms with van der Waals surface area (Å²) in [5, 5.41) is 4.79. The molecule has 0 aliphatic carbocycles. The Morgan fingerprint density at radius 2 is 1.92 bits per heavy atom. The smallest absolute Gasteiger partial charge is 0.248 e. The van der Waals surface area contributed by atoms with Crippen LogP contribution < -0.4 is 10.6 Å². The number of amides is 2. The maximum Gasteiger partial charge on any atom is 0.248 e. The molecule has 2 N–H and O–H groups in total. The number of nitrogens with zero attached hydrogens (tertiary/aromatic N) is 2. The van der Waals surface area contributed by atoms with Gasteiger partial charge in [-0.1, -0.05) is 12.1 Å². The van der Waals surface area contributed by atoms with Crippen LogP contribution in [-0.2, 0) is 9.59 Å². The number of hydrogen-bond acceptors (Lipinski definition) is 3. The average molecular weight is 360 g/mol. The molecule has 3 aromatic rings. The first-order valence-electron chi connectivity index (χ1n) is 7.67. The van der Waals surface area contributed by atoms with Crippen molar-refractivity contribution in [2.24, 2.45) is 0 Å². The Labute approximate surface area is 144 Å². The Bertz CT molecular complexity index is 1060. The molecule has 2 heterocycles. The molecule has 0 fully saturated rings. The van der Waals surface area contributed by atoms with E-state index in [0.29, 0.717) is 17.1 Å². The number of aromatic nitrogens is 2. The minimum atomic E-state index is -1.68. The van der Waals surface area contributed by atoms with Crippen molar-refractivity contribution in [3.63, 3.8) is 0 Å². The predicted octanol–water partition coefficient (Wildman–Crippen LogP) is 2.98. The Kier molecular flexibility index (Phi) is 3.64. The fraction of sp³-hybridized carbons (Fsp3) is 0.118. The lowest BCUT2D eigenvalue weighted by molar-refractivity contribution is -0.124. The first kappa shape index (κ1) is 16.1. The van der Waals surface area contributed by atoms with Crippen LogP contribution in [0.1, 0.15) is 12.5 Å². The highest BCUT2D eigenvalue weighted by atomic mass is 19.2. The molecule has 9 heteroatoms. The Morgan fingerprint density at radius 1 is 1.15 bits per heavy atom. The molecule has 2 aromatic carbocycles. The predicted molar refractivity (Wildman–Crippen MR) is 87.0 cm³/mol. The minimum absolute atomic E-state index is 0.188. The Balaban J connectivity index is 1.73. The molecule has 0 bridgehead atoms. The number of nitrogens with one attached hydrogen (secondary N) is 2. The standard InChI is InChI=1S/C17H11F3N4O2/c18-8-5-6-10(15(20)14(8)19)21-16(26)12-7-13(25)23-17-22-9-3-1-2-4-11(9)24(12)17/h1-6,12H,7H2,(H,21,26)(H,22,23,25)/t12-/m1/s1. The lowest BCUT2D eigenvalue weighted by Crippen LogP contribution is -2.35. The van der Waals surface area contributed by atoms with Crippen molar-refractivity contribution in [3.05, 3.63) is 53.8 Å². The molecule has 0 radical (unpaired) electrons. The summed E-state index contributed by atoms with van der Waals surface area (Å²) in [6.45, 7) is 0. The van der Waals surface area contributed by atoms with E-state index < -0.39 is 41.0 Å². The minimum Gasteiger partial charge on any atom is -0.322 e. The third kappa shape index (κ3) is 2.48. The van der Waals surface area contributed by atoms with Gasteiger partial charge in [-0.3, -0.25) is 19.5 Å². The van der Waals surface area contributed by atoms with E-state index in [1.165, 1.54) is 4.57 Å². The van der Waals surface area contributed by atoms with E-state index in [9.17, 15) is 22.8 Å². The number of benzene rings is 2. The lowest BCUT2D eigenvalue weighted by Gasteiger charge is -2.25. The number of para-hydroxylation sites is 2. The zero-order valence-electron chi connectivity index (χ0n) is 13.1. The molecule has 1 atom stereocenters. The average Bonchev–Trinajstić information content (AvgIpc) is 2.99. The normalized spacial score (nSPS) is 16.3. The lowest BCUT2D eigenvalue weighted by atomic mass is 10.1. The third-order valence-electron chi connectivity index (χ3n) is 4.13. The van der Waals surface area contributed by atoms with Crippen LogP contribution in [0.25, 0.3) is 11.0 Å². The van der Waals surface area contributed by atoms with Gasteiger partial charge in [0.2, 0.25) is 17.8 Å². The molecule has 2 amide bonds. The molecule has 4 rings (SSSR count). The second kappa shape index (κ2) is 5.87. The van der Waals surface area contributed by atoms with E-state index >= 15 is 0 Å². The number of halogens is 3. The zero-order valence-corrected chi connectivity index (χ0v) is 13.1. The van der Waals surface area contributed by atoms with Gasteiger partial charge in [0.05, 0.1) is 23.1 Å². The van der Waals surface area contributed by atoms with E-state index in [1.807, 2.05) is 0 Å². The number of anilines is 2. The van der Waals surface area contributed by atoms with Crippen LogP contribution in [0.3, 0.4) is 0 Å². The summed E-state index contributed by atoms with van der Waals surface area (Å²) in [6, 6.07) is 7.56. The number of rotatable bonds is 2. The van der Waals surface area contributed by atoms with Crippen LogP contribution >= 0.6 is 0 Å². The number of imidazole rings is 1. The molecule has 0 saturated carbocycles. The van der Waals surface area contributed by atoms with Gasteiger partial charge in [0, 0.05) is 0 Å². The Hall–Kier alpha value is -3.36. The van der Waals surface area contributed by atoms with Gasteiger partial charge in [-0.15, -0.1) is 0 Å². The molecule has 132 valence electrons. The van der Waals surface area contributed by atoms with Gasteiger partial charge < -0.3 is 5.32 Å². The molecule has 26 heavy (non-hydrogen) atoms. The number of carbonyl (C=O) groups is 2. The summed E-state index contributed by atoms with van der Waals surface area (Å²) in [5.41, 5.74) is 0.667. The first-order valence-corrected chi connectivity index (χ1v) is 7.67. The van der Waals surface area contributed by atoms with E-state index in [1.54, 1.807) is 24.3 Å². The van der Waals surface area contributed by atoms with Crippen LogP contribution in [0.4, 0.5) is 24.8 Å². The van der Waals surface area contributed by atoms with Crippen molar-refractivity contribution in [2.45, 2.75) is 12.5 Å². The van der Waals surface area contributed by atoms with E-state index in [-0.39, 0.29) is 12.4 Å². The molecule has 1 aliphatic heterocycles. The van der Waals surface area contributed by atoms with Crippen LogP contribution in [0.5, 0.6) is 0 Å². The van der Waals surface area contributed by atoms with E-state index in [4.69, 9.17) is 0 Å². The maximum atomic E-state index is 13.8. The fourth-order valence-electron chi connectivity index (χ4n) is 2.94. The summed E-state index contributed by atoms with van der Waals surface area (Å²) in [5.74, 6) is -5.53. The number of hydrogen-bond donors (Lipinski definition) is 2. The molecular formula is C17H11F3N4O2. The van der Waals surface area contributed by atoms with Crippen LogP contribution in [0, 0.1) is 17.5 Å². The fourth-order valence-corrected chi connectivity index (χ4v) is 2.94. The molecule has 0 saturated heterocycles. The Morgan fingerprint density at radius 3 is 2.73 bits per heavy atom. The van der Waals surface area contributed by atoms with Crippen molar-refractivity contribution in [3.8, 4) is 0 Å². The second-order valence-corrected chi connectivity index (χ2v) is 5.77. The van der Waals surface area contributed by atoms with E-state index in [2.05, 4.69) is 15.6 Å². The number of carbonyl (C=O) groups excluding carboxylic acids is 2. The highest BCUT2D eigenvalue weighted by Gasteiger charge is 2.33. The van der Waals surface area contributed by atoms with Crippen LogP contribution in [-0.4, -0.2) is 21.4 Å². The first-order chi connectivity index (χ1) is 12.5. The van der Waals surface area contributed by atoms with E-state index in [0.717, 1.165) is 6.07 Å². The monoisotopic (exact) mass is 360 g/mol. The molecule has 0 unspecified atom stereocenters. The summed E-state index contributed by atoms with van der Waals surface area (Å²) in [7, 11) is 0. The molecule has 6 nitrogen and oxygen atoms in total. The highest BCUT2D eigenvalue weighted by Crippen LogP contribution is 2.31. The van der Waals surface area contributed by atoms with Gasteiger partial charge in [0.25, 0.3) is 0 Å². The number of fused-ring (bicyclic) bond motifs is 3. The summed E-state index contributed by atoms with van der Waals surface area (Å²) in [4.78, 5) is 28.8. The molecule has 0 spiro atoms. The SMILES string of the molecule is O=C1C[C@H](C(=O)Nc2ccc(F)c(F)c2F)n2c(nc3ccccc32)N1. The topological polar surface area (TPSA) is 76.0 Å². The van der Waals surface area contributed by atoms with Gasteiger partial charge in [-0.2, -0.15) is 0 Å². The maximum absolute atomic E-state index is 13.8. The van der Waals surface area contributed by atoms with Crippen molar-refractivity contribution >= 4 is 34.5 Å². The quantitative estimate of drug-likeness (QED) is 0.690. The van der Waals surface area contributed by atoms with Gasteiger partial charge in [-0.25, -0.2) is 18.2 Å². The second-order valence-electron chi connectivity index (χ2n) is 5.77. The van der Waals surface area contributed by atoms with Gasteiger partial charge in [0.15, 0.2) is 17.5 Å². The third-order valence-corrected chi connectivity index (χ3v) is 4.13. The van der Waals surface area contributed by atoms with Gasteiger partial charge in [-0.05, 0) is 24.3 Å². The van der Waals surface area contributed by atoms with Crippen LogP contribution in [0.15, 0.2) is 36.4 Å². The van der Waals surface area contributed by atoms with Gasteiger partial charge >= 0.3 is 0 Å². The van der Waals surface area contributed by atoms with Crippen molar-refractivity contribution in [1.29, 1.82) is 0 Å². The molecular weight excluding hydrogens is 349 g/mol. The molecule has 1 aliphatic rings. The highest BCUT2D eigenvalue weighted by molar-refractivity contribution is 6.03. The van der Waals surface area contributed by atoms with Crippen molar-refractivity contribution in [2.75, 3.05) is 10.6 Å². The summed E-state index contributed by atoms with van der Waals surface area (Å²) >= 11 is 0. The molecule has 1 aromatic heterocycles. The largest absolute Gasteiger partial charge is 0.322 e. The van der Waals surface area contributed by atoms with Crippen LogP contribution in [0.2, 0.25) is 0 Å². The van der Waals surface area contributed by atoms with Crippen molar-refractivity contribution in [1.82, 2.24) is 9.55 Å². The zero-order chi connectivity index (χ0) is 18.4. The van der Waals surface area contributed by atoms with Gasteiger partial charge in [0.1, 0.15) is 6.04 Å².